The zero-order valence-corrected chi connectivity index (χ0v) is 11.8. The number of rotatable bonds is 7. The molecule has 2 aromatic carbocycles. The van der Waals surface area contributed by atoms with Gasteiger partial charge in [-0.2, -0.15) is 0 Å². The van der Waals surface area contributed by atoms with Gasteiger partial charge < -0.3 is 9.53 Å². The van der Waals surface area contributed by atoms with E-state index >= 15 is 0 Å². The second kappa shape index (κ2) is 8.00. The zero-order chi connectivity index (χ0) is 14.9. The number of benzene rings is 2. The first-order chi connectivity index (χ1) is 10.3. The predicted molar refractivity (Wildman–Crippen MR) is 80.6 cm³/mol. The second-order valence-corrected chi connectivity index (χ2v) is 4.94. The van der Waals surface area contributed by atoms with Gasteiger partial charge in [0.15, 0.2) is 0 Å². The summed E-state index contributed by atoms with van der Waals surface area (Å²) in [5.41, 5.74) is 1.99. The topological polar surface area (TPSA) is 43.4 Å². The minimum Gasteiger partial charge on any atom is -0.461 e. The summed E-state index contributed by atoms with van der Waals surface area (Å²) >= 11 is 0. The van der Waals surface area contributed by atoms with Gasteiger partial charge in [0, 0.05) is 5.92 Å². The summed E-state index contributed by atoms with van der Waals surface area (Å²) in [6, 6.07) is 19.2. The molecule has 0 N–H and O–H groups in total. The van der Waals surface area contributed by atoms with E-state index in [-0.39, 0.29) is 24.9 Å². The van der Waals surface area contributed by atoms with Crippen molar-refractivity contribution in [2.75, 3.05) is 0 Å². The number of ether oxygens (including phenoxy) is 1. The molecule has 0 fully saturated rings. The van der Waals surface area contributed by atoms with Gasteiger partial charge in [-0.05, 0) is 17.5 Å². The Morgan fingerprint density at radius 2 is 1.52 bits per heavy atom. The van der Waals surface area contributed by atoms with Gasteiger partial charge in [-0.1, -0.05) is 60.7 Å². The summed E-state index contributed by atoms with van der Waals surface area (Å²) in [5, 5.41) is 0. The van der Waals surface area contributed by atoms with Crippen LogP contribution in [-0.2, 0) is 27.4 Å². The molecule has 0 aliphatic rings. The fraction of sp³-hybridized carbons (Fsp3) is 0.222. The lowest BCUT2D eigenvalue weighted by molar-refractivity contribution is -0.146. The standard InChI is InChI=1S/C18H18O3/c19-13-17(11-15-7-3-1-4-8-15)12-18(20)21-14-16-9-5-2-6-10-16/h1-10,13,17H,11-12,14H2. The smallest absolute Gasteiger partial charge is 0.306 e. The van der Waals surface area contributed by atoms with E-state index in [4.69, 9.17) is 4.74 Å². The monoisotopic (exact) mass is 282 g/mol. The quantitative estimate of drug-likeness (QED) is 0.578. The number of carbonyl (C=O) groups excluding carboxylic acids is 2. The lowest BCUT2D eigenvalue weighted by Gasteiger charge is -2.10. The van der Waals surface area contributed by atoms with Crippen LogP contribution in [0.5, 0.6) is 0 Å². The maximum Gasteiger partial charge on any atom is 0.306 e. The third-order valence-electron chi connectivity index (χ3n) is 3.20. The molecule has 0 bridgehead atoms. The van der Waals surface area contributed by atoms with E-state index in [0.717, 1.165) is 17.4 Å². The first-order valence-corrected chi connectivity index (χ1v) is 6.96. The highest BCUT2D eigenvalue weighted by Crippen LogP contribution is 2.12. The molecule has 0 saturated heterocycles. The van der Waals surface area contributed by atoms with Crippen molar-refractivity contribution in [3.63, 3.8) is 0 Å². The lowest BCUT2D eigenvalue weighted by atomic mass is 9.98. The van der Waals surface area contributed by atoms with Crippen LogP contribution in [0.3, 0.4) is 0 Å². The molecule has 1 atom stereocenters. The molecular weight excluding hydrogens is 264 g/mol. The molecule has 108 valence electrons. The second-order valence-electron chi connectivity index (χ2n) is 4.94. The van der Waals surface area contributed by atoms with Gasteiger partial charge in [0.2, 0.25) is 0 Å². The SMILES string of the molecule is O=CC(CC(=O)OCc1ccccc1)Cc1ccccc1. The number of hydrogen-bond acceptors (Lipinski definition) is 3. The van der Waals surface area contributed by atoms with Crippen LogP contribution >= 0.6 is 0 Å². The van der Waals surface area contributed by atoms with Crippen LogP contribution in [0.1, 0.15) is 17.5 Å². The van der Waals surface area contributed by atoms with E-state index < -0.39 is 0 Å². The van der Waals surface area contributed by atoms with Gasteiger partial charge in [0.25, 0.3) is 0 Å². The summed E-state index contributed by atoms with van der Waals surface area (Å²) in [6.07, 6.45) is 1.51. The Morgan fingerprint density at radius 3 is 2.10 bits per heavy atom. The fourth-order valence-electron chi connectivity index (χ4n) is 2.10. The first-order valence-electron chi connectivity index (χ1n) is 6.96. The molecule has 0 amide bonds. The summed E-state index contributed by atoms with van der Waals surface area (Å²) in [5.74, 6) is -0.678. The summed E-state index contributed by atoms with van der Waals surface area (Å²) in [7, 11) is 0. The van der Waals surface area contributed by atoms with E-state index in [9.17, 15) is 9.59 Å². The molecule has 0 aliphatic carbocycles. The van der Waals surface area contributed by atoms with E-state index in [0.29, 0.717) is 6.42 Å². The highest BCUT2D eigenvalue weighted by atomic mass is 16.5. The minimum atomic E-state index is -0.341. The normalized spacial score (nSPS) is 11.6. The largest absolute Gasteiger partial charge is 0.461 e. The Morgan fingerprint density at radius 1 is 0.952 bits per heavy atom. The molecule has 0 radical (unpaired) electrons. The number of hydrogen-bond donors (Lipinski definition) is 0. The number of aldehydes is 1. The zero-order valence-electron chi connectivity index (χ0n) is 11.8. The Bertz CT molecular complexity index is 564. The average Bonchev–Trinajstić information content (AvgIpc) is 2.54. The van der Waals surface area contributed by atoms with Crippen molar-refractivity contribution in [2.45, 2.75) is 19.4 Å². The third kappa shape index (κ3) is 5.22. The van der Waals surface area contributed by atoms with Crippen LogP contribution in [0.25, 0.3) is 0 Å². The summed E-state index contributed by atoms with van der Waals surface area (Å²) < 4.78 is 5.20. The molecule has 0 aromatic heterocycles. The minimum absolute atomic E-state index is 0.116. The van der Waals surface area contributed by atoms with Crippen molar-refractivity contribution in [1.29, 1.82) is 0 Å². The van der Waals surface area contributed by atoms with E-state index in [1.54, 1.807) is 0 Å². The molecule has 3 nitrogen and oxygen atoms in total. The molecule has 1 unspecified atom stereocenters. The Labute approximate surface area is 124 Å². The Kier molecular flexibility index (Phi) is 5.71. The van der Waals surface area contributed by atoms with E-state index in [1.165, 1.54) is 0 Å². The maximum absolute atomic E-state index is 11.8. The van der Waals surface area contributed by atoms with Crippen LogP contribution in [0.2, 0.25) is 0 Å². The first kappa shape index (κ1) is 15.0. The molecule has 0 heterocycles. The highest BCUT2D eigenvalue weighted by molar-refractivity contribution is 5.74. The van der Waals surface area contributed by atoms with Crippen LogP contribution in [0, 0.1) is 5.92 Å². The van der Waals surface area contributed by atoms with Gasteiger partial charge >= 0.3 is 5.97 Å². The third-order valence-corrected chi connectivity index (χ3v) is 3.20. The summed E-state index contributed by atoms with van der Waals surface area (Å²) in [4.78, 5) is 22.9. The molecule has 3 heteroatoms. The molecule has 2 rings (SSSR count). The molecule has 0 saturated carbocycles. The van der Waals surface area contributed by atoms with Crippen molar-refractivity contribution in [3.05, 3.63) is 71.8 Å². The predicted octanol–water partition coefficient (Wildman–Crippen LogP) is 3.18. The van der Waals surface area contributed by atoms with Crippen molar-refractivity contribution >= 4 is 12.3 Å². The molecule has 2 aromatic rings. The van der Waals surface area contributed by atoms with Gasteiger partial charge in [0.1, 0.15) is 12.9 Å². The summed E-state index contributed by atoms with van der Waals surface area (Å²) in [6.45, 7) is 0.247. The van der Waals surface area contributed by atoms with Crippen molar-refractivity contribution in [2.24, 2.45) is 5.92 Å². The van der Waals surface area contributed by atoms with Gasteiger partial charge in [-0.15, -0.1) is 0 Å². The number of esters is 1. The van der Waals surface area contributed by atoms with Crippen LogP contribution in [0.4, 0.5) is 0 Å². The van der Waals surface area contributed by atoms with Crippen molar-refractivity contribution in [1.82, 2.24) is 0 Å². The molecule has 0 aliphatic heterocycles. The molecule has 0 spiro atoms. The van der Waals surface area contributed by atoms with Crippen LogP contribution < -0.4 is 0 Å². The van der Waals surface area contributed by atoms with Crippen molar-refractivity contribution < 1.29 is 14.3 Å². The maximum atomic E-state index is 11.8. The lowest BCUT2D eigenvalue weighted by Crippen LogP contribution is -2.15. The van der Waals surface area contributed by atoms with Gasteiger partial charge in [0.05, 0.1) is 6.42 Å². The molecular formula is C18H18O3. The Balaban J connectivity index is 1.81. The van der Waals surface area contributed by atoms with E-state index in [1.807, 2.05) is 60.7 Å². The number of carbonyl (C=O) groups is 2. The van der Waals surface area contributed by atoms with Crippen LogP contribution in [-0.4, -0.2) is 12.3 Å². The fourth-order valence-corrected chi connectivity index (χ4v) is 2.10. The Hall–Kier alpha value is -2.42. The van der Waals surface area contributed by atoms with E-state index in [2.05, 4.69) is 0 Å². The van der Waals surface area contributed by atoms with Crippen molar-refractivity contribution in [3.8, 4) is 0 Å². The average molecular weight is 282 g/mol. The van der Waals surface area contributed by atoms with Crippen LogP contribution in [0.15, 0.2) is 60.7 Å². The highest BCUT2D eigenvalue weighted by Gasteiger charge is 2.15. The molecule has 21 heavy (non-hydrogen) atoms. The van der Waals surface area contributed by atoms with Gasteiger partial charge in [-0.3, -0.25) is 4.79 Å². The van der Waals surface area contributed by atoms with Gasteiger partial charge in [-0.25, -0.2) is 0 Å².